The highest BCUT2D eigenvalue weighted by Gasteiger charge is 2.22. The molecular weight excluding hydrogens is 357 g/mol. The summed E-state index contributed by atoms with van der Waals surface area (Å²) in [6, 6.07) is 11.8. The Balaban J connectivity index is 1.64. The first-order valence-corrected chi connectivity index (χ1v) is 10.1. The van der Waals surface area contributed by atoms with Crippen molar-refractivity contribution in [2.75, 3.05) is 0 Å². The molecule has 0 aliphatic heterocycles. The van der Waals surface area contributed by atoms with Crippen molar-refractivity contribution in [3.05, 3.63) is 83.2 Å². The molecule has 0 aromatic heterocycles. The molecule has 2 aromatic rings. The van der Waals surface area contributed by atoms with Crippen molar-refractivity contribution in [3.63, 3.8) is 0 Å². The number of hydrogen-bond donors (Lipinski definition) is 0. The maximum Gasteiger partial charge on any atom is 0.166 e. The molecule has 3 heteroatoms. The minimum atomic E-state index is -0.964. The zero-order valence-electron chi connectivity index (χ0n) is 16.3. The van der Waals surface area contributed by atoms with Crippen molar-refractivity contribution < 1.29 is 13.2 Å². The number of hydrogen-bond acceptors (Lipinski definition) is 0. The molecule has 148 valence electrons. The third-order valence-electron chi connectivity index (χ3n) is 5.64. The average Bonchev–Trinajstić information content (AvgIpc) is 2.74. The van der Waals surface area contributed by atoms with Crippen LogP contribution < -0.4 is 0 Å². The zero-order valence-corrected chi connectivity index (χ0v) is 16.3. The van der Waals surface area contributed by atoms with Crippen molar-refractivity contribution in [1.82, 2.24) is 0 Å². The van der Waals surface area contributed by atoms with E-state index in [9.17, 15) is 13.2 Å². The van der Waals surface area contributed by atoms with Gasteiger partial charge in [0.25, 0.3) is 0 Å². The van der Waals surface area contributed by atoms with Gasteiger partial charge in [0.2, 0.25) is 0 Å². The van der Waals surface area contributed by atoms with Crippen LogP contribution in [-0.4, -0.2) is 0 Å². The highest BCUT2D eigenvalue weighted by atomic mass is 19.2. The van der Waals surface area contributed by atoms with Crippen molar-refractivity contribution >= 4 is 11.7 Å². The highest BCUT2D eigenvalue weighted by Crippen LogP contribution is 2.38. The molecule has 1 fully saturated rings. The summed E-state index contributed by atoms with van der Waals surface area (Å²) < 4.78 is 41.8. The molecule has 0 atom stereocenters. The van der Waals surface area contributed by atoms with Gasteiger partial charge in [-0.1, -0.05) is 43.3 Å². The lowest BCUT2D eigenvalue weighted by Crippen LogP contribution is -2.12. The Morgan fingerprint density at radius 3 is 1.89 bits per heavy atom. The molecule has 1 aliphatic carbocycles. The van der Waals surface area contributed by atoms with Gasteiger partial charge in [0.05, 0.1) is 0 Å². The van der Waals surface area contributed by atoms with Gasteiger partial charge in [-0.3, -0.25) is 0 Å². The third-order valence-corrected chi connectivity index (χ3v) is 5.64. The second-order valence-electron chi connectivity index (χ2n) is 7.59. The average molecular weight is 384 g/mol. The molecule has 0 unspecified atom stereocenters. The Labute approximate surface area is 165 Å². The number of allylic oxidation sites excluding steroid dienone is 2. The molecular formula is C25H27F3. The van der Waals surface area contributed by atoms with Gasteiger partial charge < -0.3 is 0 Å². The van der Waals surface area contributed by atoms with Gasteiger partial charge in [0, 0.05) is 11.1 Å². The van der Waals surface area contributed by atoms with Crippen LogP contribution in [0.1, 0.15) is 68.1 Å². The summed E-state index contributed by atoms with van der Waals surface area (Å²) in [5.41, 5.74) is 1.45. The molecule has 0 nitrogen and oxygen atoms in total. The minimum absolute atomic E-state index is 0.0402. The molecule has 0 bridgehead atoms. The van der Waals surface area contributed by atoms with Crippen LogP contribution in [0.2, 0.25) is 0 Å². The molecule has 0 heterocycles. The largest absolute Gasteiger partial charge is 0.207 e. The monoisotopic (exact) mass is 384 g/mol. The van der Waals surface area contributed by atoms with E-state index in [-0.39, 0.29) is 11.1 Å². The van der Waals surface area contributed by atoms with Crippen molar-refractivity contribution in [1.29, 1.82) is 0 Å². The molecule has 3 rings (SSSR count). The van der Waals surface area contributed by atoms with Gasteiger partial charge in [-0.2, -0.15) is 0 Å². The second-order valence-corrected chi connectivity index (χ2v) is 7.59. The summed E-state index contributed by atoms with van der Waals surface area (Å²) in [6.07, 6.45) is 11.5. The predicted octanol–water partition coefficient (Wildman–Crippen LogP) is 8.22. The van der Waals surface area contributed by atoms with E-state index in [2.05, 4.69) is 19.1 Å². The van der Waals surface area contributed by atoms with Crippen LogP contribution in [0, 0.1) is 11.7 Å². The summed E-state index contributed by atoms with van der Waals surface area (Å²) in [7, 11) is 0. The van der Waals surface area contributed by atoms with Crippen molar-refractivity contribution in [2.24, 2.45) is 5.92 Å². The maximum absolute atomic E-state index is 14.5. The predicted molar refractivity (Wildman–Crippen MR) is 111 cm³/mol. The van der Waals surface area contributed by atoms with Crippen LogP contribution in [0.4, 0.5) is 13.2 Å². The lowest BCUT2D eigenvalue weighted by molar-refractivity contribution is 0.328. The van der Waals surface area contributed by atoms with Gasteiger partial charge in [-0.25, -0.2) is 13.2 Å². The van der Waals surface area contributed by atoms with E-state index in [1.807, 2.05) is 12.1 Å². The van der Waals surface area contributed by atoms with Crippen LogP contribution in [-0.2, 0) is 0 Å². The molecule has 0 amide bonds. The fraction of sp³-hybridized carbons (Fsp3) is 0.360. The van der Waals surface area contributed by atoms with Crippen LogP contribution in [0.5, 0.6) is 0 Å². The van der Waals surface area contributed by atoms with E-state index in [1.165, 1.54) is 30.5 Å². The lowest BCUT2D eigenvalue weighted by Gasteiger charge is -2.28. The van der Waals surface area contributed by atoms with Gasteiger partial charge in [-0.05, 0) is 80.2 Å². The first-order valence-electron chi connectivity index (χ1n) is 10.1. The standard InChI is InChI=1S/C25H27F3/c1-2-3-4-5-18-6-8-19(9-7-18)20-10-12-21(13-11-20)24(27)25(28)22-14-16-23(26)17-15-22/h3-4,10-19H,2,5-9H2,1H3/b4-3+,25-24?. The van der Waals surface area contributed by atoms with E-state index >= 15 is 0 Å². The molecule has 28 heavy (non-hydrogen) atoms. The highest BCUT2D eigenvalue weighted by molar-refractivity contribution is 5.83. The van der Waals surface area contributed by atoms with E-state index in [0.29, 0.717) is 5.92 Å². The van der Waals surface area contributed by atoms with Crippen LogP contribution in [0.25, 0.3) is 11.7 Å². The SMILES string of the molecule is CC/C=C/CC1CCC(c2ccc(C(F)=C(F)c3ccc(F)cc3)cc2)CC1. The molecule has 1 saturated carbocycles. The Bertz CT molecular complexity index is 808. The van der Waals surface area contributed by atoms with E-state index in [4.69, 9.17) is 0 Å². The summed E-state index contributed by atoms with van der Waals surface area (Å²) in [5, 5.41) is 0. The van der Waals surface area contributed by atoms with Crippen LogP contribution >= 0.6 is 0 Å². The summed E-state index contributed by atoms with van der Waals surface area (Å²) in [4.78, 5) is 0. The first kappa shape index (κ1) is 20.4. The van der Waals surface area contributed by atoms with Crippen LogP contribution in [0.3, 0.4) is 0 Å². The molecule has 2 aromatic carbocycles. The smallest absolute Gasteiger partial charge is 0.166 e. The number of halogens is 3. The van der Waals surface area contributed by atoms with Gasteiger partial charge in [0.1, 0.15) is 5.82 Å². The van der Waals surface area contributed by atoms with Gasteiger partial charge >= 0.3 is 0 Å². The Hall–Kier alpha value is -2.29. The first-order chi connectivity index (χ1) is 13.6. The maximum atomic E-state index is 14.5. The van der Waals surface area contributed by atoms with E-state index in [1.54, 1.807) is 12.1 Å². The second kappa shape index (κ2) is 9.77. The summed E-state index contributed by atoms with van der Waals surface area (Å²) >= 11 is 0. The Morgan fingerprint density at radius 2 is 1.36 bits per heavy atom. The quantitative estimate of drug-likeness (QED) is 0.348. The normalized spacial score (nSPS) is 21.0. The van der Waals surface area contributed by atoms with Crippen molar-refractivity contribution in [3.8, 4) is 0 Å². The molecule has 0 radical (unpaired) electrons. The topological polar surface area (TPSA) is 0 Å². The lowest BCUT2D eigenvalue weighted by atomic mass is 9.77. The fourth-order valence-electron chi connectivity index (χ4n) is 3.94. The van der Waals surface area contributed by atoms with E-state index in [0.717, 1.165) is 43.7 Å². The minimum Gasteiger partial charge on any atom is -0.207 e. The zero-order chi connectivity index (χ0) is 19.9. The van der Waals surface area contributed by atoms with Gasteiger partial charge in [0.15, 0.2) is 11.7 Å². The fourth-order valence-corrected chi connectivity index (χ4v) is 3.94. The van der Waals surface area contributed by atoms with Gasteiger partial charge in [-0.15, -0.1) is 0 Å². The third kappa shape index (κ3) is 5.15. The number of rotatable bonds is 6. The molecule has 0 spiro atoms. The van der Waals surface area contributed by atoms with Crippen LogP contribution in [0.15, 0.2) is 60.7 Å². The van der Waals surface area contributed by atoms with E-state index < -0.39 is 17.5 Å². The summed E-state index contributed by atoms with van der Waals surface area (Å²) in [6.45, 7) is 2.15. The Morgan fingerprint density at radius 1 is 0.821 bits per heavy atom. The molecule has 1 aliphatic rings. The Kier molecular flexibility index (Phi) is 7.13. The molecule has 0 N–H and O–H groups in total. The molecule has 0 saturated heterocycles. The summed E-state index contributed by atoms with van der Waals surface area (Å²) in [5.74, 6) is -1.09. The van der Waals surface area contributed by atoms with Crippen molar-refractivity contribution in [2.45, 2.75) is 51.4 Å². The number of benzene rings is 2.